The van der Waals surface area contributed by atoms with Crippen LogP contribution >= 0.6 is 0 Å². The van der Waals surface area contributed by atoms with Crippen LogP contribution < -0.4 is 10.2 Å². The van der Waals surface area contributed by atoms with Crippen LogP contribution in [-0.4, -0.2) is 40.7 Å². The Hall–Kier alpha value is -2.91. The maximum atomic E-state index is 9.02. The topological polar surface area (TPSA) is 69.8 Å². The highest BCUT2D eigenvalue weighted by Crippen LogP contribution is 2.24. The Morgan fingerprint density at radius 2 is 1.79 bits per heavy atom. The molecule has 0 bridgehead atoms. The Kier molecular flexibility index (Phi) is 5.83. The number of rotatable bonds is 3. The molecule has 0 radical (unpaired) electrons. The molecular formula is C22H26N6. The predicted molar refractivity (Wildman–Crippen MR) is 111 cm³/mol. The lowest BCUT2D eigenvalue weighted by Crippen LogP contribution is -2.31. The molecule has 0 atom stereocenters. The molecule has 1 aromatic carbocycles. The summed E-state index contributed by atoms with van der Waals surface area (Å²) >= 11 is 0. The predicted octanol–water partition coefficient (Wildman–Crippen LogP) is 3.32. The first-order chi connectivity index (χ1) is 13.8. The van der Waals surface area contributed by atoms with Crippen LogP contribution in [0.25, 0.3) is 11.0 Å². The molecule has 0 saturated carbocycles. The minimum absolute atomic E-state index is 0.587. The van der Waals surface area contributed by atoms with Crippen molar-refractivity contribution in [2.75, 3.05) is 31.1 Å². The first-order valence-corrected chi connectivity index (χ1v) is 10.1. The summed E-state index contributed by atoms with van der Waals surface area (Å²) < 4.78 is 2.27. The van der Waals surface area contributed by atoms with E-state index in [0.29, 0.717) is 12.1 Å². The third-order valence-electron chi connectivity index (χ3n) is 5.25. The van der Waals surface area contributed by atoms with Gasteiger partial charge in [0.05, 0.1) is 28.8 Å². The first kappa shape index (κ1) is 18.5. The van der Waals surface area contributed by atoms with E-state index >= 15 is 0 Å². The lowest BCUT2D eigenvalue weighted by Gasteiger charge is -2.26. The van der Waals surface area contributed by atoms with Crippen LogP contribution in [0.4, 0.5) is 5.95 Å². The zero-order valence-electron chi connectivity index (χ0n) is 16.1. The van der Waals surface area contributed by atoms with Crippen molar-refractivity contribution in [3.8, 4) is 6.07 Å². The van der Waals surface area contributed by atoms with Gasteiger partial charge in [-0.25, -0.2) is 4.98 Å². The third kappa shape index (κ3) is 4.15. The average Bonchev–Trinajstić information content (AvgIpc) is 3.11. The maximum absolute atomic E-state index is 9.02. The average molecular weight is 374 g/mol. The molecule has 0 amide bonds. The van der Waals surface area contributed by atoms with E-state index in [1.807, 2.05) is 18.2 Å². The minimum Gasteiger partial charge on any atom is -0.342 e. The fourth-order valence-corrected chi connectivity index (χ4v) is 3.75. The van der Waals surface area contributed by atoms with Crippen molar-refractivity contribution >= 4 is 17.0 Å². The van der Waals surface area contributed by atoms with Gasteiger partial charge in [-0.15, -0.1) is 0 Å². The van der Waals surface area contributed by atoms with Crippen LogP contribution in [0.1, 0.15) is 36.9 Å². The monoisotopic (exact) mass is 374 g/mol. The molecule has 1 saturated heterocycles. The minimum atomic E-state index is 0.587. The van der Waals surface area contributed by atoms with E-state index in [2.05, 4.69) is 44.0 Å². The highest BCUT2D eigenvalue weighted by atomic mass is 15.3. The molecule has 1 aliphatic heterocycles. The molecule has 4 rings (SSSR count). The van der Waals surface area contributed by atoms with Gasteiger partial charge in [0.25, 0.3) is 0 Å². The lowest BCUT2D eigenvalue weighted by molar-refractivity contribution is 0.545. The van der Waals surface area contributed by atoms with Crippen molar-refractivity contribution in [1.29, 1.82) is 5.26 Å². The van der Waals surface area contributed by atoms with Crippen molar-refractivity contribution < 1.29 is 0 Å². The summed E-state index contributed by atoms with van der Waals surface area (Å²) in [7, 11) is 0. The molecule has 28 heavy (non-hydrogen) atoms. The van der Waals surface area contributed by atoms with Gasteiger partial charge in [0.2, 0.25) is 5.95 Å². The van der Waals surface area contributed by atoms with Crippen molar-refractivity contribution in [1.82, 2.24) is 19.9 Å². The van der Waals surface area contributed by atoms with Gasteiger partial charge in [-0.05, 0) is 63.0 Å². The number of nitrogens with one attached hydrogen (secondary N) is 1. The maximum Gasteiger partial charge on any atom is 0.206 e. The van der Waals surface area contributed by atoms with Crippen LogP contribution in [0.5, 0.6) is 0 Å². The molecule has 0 spiro atoms. The molecule has 1 aliphatic rings. The second kappa shape index (κ2) is 8.85. The molecule has 0 aliphatic carbocycles. The summed E-state index contributed by atoms with van der Waals surface area (Å²) in [5, 5.41) is 12.5. The number of imidazole rings is 1. The summed E-state index contributed by atoms with van der Waals surface area (Å²) in [6.45, 7) is 4.88. The molecule has 3 heterocycles. The molecule has 3 aromatic rings. The molecule has 1 N–H and O–H groups in total. The summed E-state index contributed by atoms with van der Waals surface area (Å²) in [5.74, 6) is 1.03. The third-order valence-corrected chi connectivity index (χ3v) is 5.25. The van der Waals surface area contributed by atoms with E-state index < -0.39 is 0 Å². The van der Waals surface area contributed by atoms with E-state index in [-0.39, 0.29) is 0 Å². The van der Waals surface area contributed by atoms with Gasteiger partial charge >= 0.3 is 0 Å². The van der Waals surface area contributed by atoms with Gasteiger partial charge in [-0.2, -0.15) is 5.26 Å². The number of hydrogen-bond acceptors (Lipinski definition) is 5. The SMILES string of the molecule is N#Cc1ccc(Cn2c(N3CCCCNCCCC3)nc3ccccc32)nc1. The van der Waals surface area contributed by atoms with Crippen molar-refractivity contribution in [2.24, 2.45) is 0 Å². The van der Waals surface area contributed by atoms with E-state index in [4.69, 9.17) is 10.2 Å². The molecule has 6 heteroatoms. The number of aromatic nitrogens is 3. The zero-order valence-corrected chi connectivity index (χ0v) is 16.1. The first-order valence-electron chi connectivity index (χ1n) is 10.1. The number of fused-ring (bicyclic) bond motifs is 1. The summed E-state index contributed by atoms with van der Waals surface area (Å²) in [5.41, 5.74) is 3.67. The normalized spacial score (nSPS) is 16.0. The Morgan fingerprint density at radius 1 is 1.00 bits per heavy atom. The van der Waals surface area contributed by atoms with E-state index in [1.165, 1.54) is 12.8 Å². The lowest BCUT2D eigenvalue weighted by atomic mass is 10.2. The summed E-state index contributed by atoms with van der Waals surface area (Å²) in [4.78, 5) is 11.9. The van der Waals surface area contributed by atoms with Crippen molar-refractivity contribution in [3.63, 3.8) is 0 Å². The number of anilines is 1. The quantitative estimate of drug-likeness (QED) is 0.762. The number of hydrogen-bond donors (Lipinski definition) is 1. The molecule has 0 unspecified atom stereocenters. The Balaban J connectivity index is 1.68. The second-order valence-electron chi connectivity index (χ2n) is 7.29. The highest BCUT2D eigenvalue weighted by molar-refractivity contribution is 5.79. The molecular weight excluding hydrogens is 348 g/mol. The standard InChI is InChI=1S/C22H26N6/c23-15-18-9-10-19(25-16-18)17-28-21-8-2-1-7-20(21)26-22(28)27-13-5-3-11-24-12-4-6-14-27/h1-2,7-10,16,24H,3-6,11-14,17H2. The Bertz CT molecular complexity index is 943. The molecule has 2 aromatic heterocycles. The number of nitrogens with zero attached hydrogens (tertiary/aromatic N) is 5. The van der Waals surface area contributed by atoms with E-state index in [0.717, 1.165) is 61.7 Å². The van der Waals surface area contributed by atoms with Gasteiger partial charge in [0.15, 0.2) is 0 Å². The van der Waals surface area contributed by atoms with Gasteiger partial charge in [-0.3, -0.25) is 4.98 Å². The molecule has 1 fully saturated rings. The fraction of sp³-hybridized carbons (Fsp3) is 0.409. The highest BCUT2D eigenvalue weighted by Gasteiger charge is 2.18. The number of benzene rings is 1. The Labute approximate surface area is 165 Å². The van der Waals surface area contributed by atoms with Gasteiger partial charge in [0.1, 0.15) is 6.07 Å². The summed E-state index contributed by atoms with van der Waals surface area (Å²) in [6.07, 6.45) is 6.34. The van der Waals surface area contributed by atoms with Gasteiger partial charge in [0, 0.05) is 19.3 Å². The smallest absolute Gasteiger partial charge is 0.206 e. The van der Waals surface area contributed by atoms with Crippen LogP contribution in [-0.2, 0) is 6.54 Å². The van der Waals surface area contributed by atoms with Crippen LogP contribution in [0.2, 0.25) is 0 Å². The Morgan fingerprint density at radius 3 is 2.50 bits per heavy atom. The molecule has 144 valence electrons. The fourth-order valence-electron chi connectivity index (χ4n) is 3.75. The number of nitriles is 1. The largest absolute Gasteiger partial charge is 0.342 e. The zero-order chi connectivity index (χ0) is 19.2. The van der Waals surface area contributed by atoms with Gasteiger partial charge in [-0.1, -0.05) is 12.1 Å². The van der Waals surface area contributed by atoms with Crippen LogP contribution in [0, 0.1) is 11.3 Å². The van der Waals surface area contributed by atoms with Crippen LogP contribution in [0.15, 0.2) is 42.6 Å². The number of pyridine rings is 1. The summed E-state index contributed by atoms with van der Waals surface area (Å²) in [6, 6.07) is 14.2. The molecule has 6 nitrogen and oxygen atoms in total. The number of para-hydroxylation sites is 2. The van der Waals surface area contributed by atoms with Crippen molar-refractivity contribution in [3.05, 3.63) is 53.9 Å². The second-order valence-corrected chi connectivity index (χ2v) is 7.29. The van der Waals surface area contributed by atoms with E-state index in [9.17, 15) is 0 Å². The van der Waals surface area contributed by atoms with Gasteiger partial charge < -0.3 is 14.8 Å². The van der Waals surface area contributed by atoms with Crippen LogP contribution in [0.3, 0.4) is 0 Å². The van der Waals surface area contributed by atoms with Crippen molar-refractivity contribution in [2.45, 2.75) is 32.2 Å². The van der Waals surface area contributed by atoms with E-state index in [1.54, 1.807) is 6.20 Å².